The van der Waals surface area contributed by atoms with Gasteiger partial charge in [-0.1, -0.05) is 36.4 Å². The van der Waals surface area contributed by atoms with Crippen LogP contribution in [-0.4, -0.2) is 295 Å². The number of rotatable bonds is 69. The molecule has 0 spiro atoms. The fraction of sp³-hybridized carbons (Fsp3) is 0.574. The van der Waals surface area contributed by atoms with Crippen molar-refractivity contribution in [1.29, 1.82) is 0 Å². The normalized spacial score (nSPS) is 11.5. The summed E-state index contributed by atoms with van der Waals surface area (Å²) in [5.74, 6) is 0.498. The van der Waals surface area contributed by atoms with Crippen molar-refractivity contribution in [3.63, 3.8) is 0 Å². The molecule has 34 heteroatoms. The van der Waals surface area contributed by atoms with Gasteiger partial charge in [-0.2, -0.15) is 0 Å². The summed E-state index contributed by atoms with van der Waals surface area (Å²) in [5.41, 5.74) is 0.513. The minimum absolute atomic E-state index is 0. The second kappa shape index (κ2) is 65.2. The number of esters is 1. The maximum absolute atomic E-state index is 14.9. The standard InChI is InChI=1S/C84H130N6O24.C10H12O3.Tc/c1-14-37-90(38-15-2)67(59-63-27-28-68(91)69(92)60-63)80(96)112-56-50-108-49-55-111-76-72(109-53-47-104-43-39-102-41-45-106-51-57-113-82(3,4)5)61-64(62-73(76)110-54-48-105-44-40-103-42-46-107-52-58-114-83(6,7)8)77(93)86-33-16-17-34-89-81(97)84(29-20-32-85-9,30-21-35-87-78(94)65-23-18-25-70(98-10)74(65)100-12)31-22-36-88-79(95)66-24-19-26-71(99-11)75(66)101-13;1-7(11)8-5-4-6-9(12-2)10(8)13-3;/h14-15,18-19,23-28,60-62,67,85,91-92H,1-2,16-17,20-22,29-59H2,3-13H3,(H,86,93)(H,87,94)(H,88,95)(H,89,97);4-6H,1-3H3;/t67-;;/m0../s1. The second-order valence-electron chi connectivity index (χ2n) is 30.9. The molecule has 1 atom stereocenters. The van der Waals surface area contributed by atoms with Gasteiger partial charge >= 0.3 is 5.97 Å². The third-order valence-electron chi connectivity index (χ3n) is 19.2. The molecule has 5 aromatic rings. The van der Waals surface area contributed by atoms with E-state index in [0.717, 1.165) is 0 Å². The van der Waals surface area contributed by atoms with Crippen molar-refractivity contribution >= 4 is 35.4 Å². The Bertz CT molecular complexity index is 3880. The molecule has 0 aromatic heterocycles. The van der Waals surface area contributed by atoms with Gasteiger partial charge in [0.2, 0.25) is 11.7 Å². The Labute approximate surface area is 769 Å². The van der Waals surface area contributed by atoms with Crippen molar-refractivity contribution < 1.29 is 149 Å². The number of ketones is 1. The van der Waals surface area contributed by atoms with Crippen molar-refractivity contribution in [2.75, 3.05) is 228 Å². The number of aromatic hydroxyl groups is 2. The molecule has 33 nitrogen and oxygen atoms in total. The molecule has 0 fully saturated rings. The molecule has 0 saturated heterocycles. The molecule has 5 rings (SSSR count). The number of hydrogen-bond donors (Lipinski definition) is 7. The van der Waals surface area contributed by atoms with E-state index in [2.05, 4.69) is 39.7 Å². The Kier molecular flexibility index (Phi) is 57.5. The van der Waals surface area contributed by atoms with E-state index < -0.39 is 23.3 Å². The largest absolute Gasteiger partial charge is 0.504 e. The number of carbonyl (C=O) groups is 6. The summed E-state index contributed by atoms with van der Waals surface area (Å²) in [6.07, 6.45) is 7.34. The Hall–Kier alpha value is -9.39. The smallest absolute Gasteiger partial charge is 0.323 e. The van der Waals surface area contributed by atoms with Gasteiger partial charge < -0.3 is 127 Å². The third kappa shape index (κ3) is 43.8. The minimum Gasteiger partial charge on any atom is -0.504 e. The predicted molar refractivity (Wildman–Crippen MR) is 482 cm³/mol. The number of phenols is 2. The summed E-state index contributed by atoms with van der Waals surface area (Å²) in [5, 5.41) is 35.6. The number of nitrogens with zero attached hydrogens (tertiary/aromatic N) is 1. The van der Waals surface area contributed by atoms with Gasteiger partial charge in [0.15, 0.2) is 63.3 Å². The summed E-state index contributed by atoms with van der Waals surface area (Å²) in [6, 6.07) is 22.0. The summed E-state index contributed by atoms with van der Waals surface area (Å²) >= 11 is 0. The van der Waals surface area contributed by atoms with Crippen LogP contribution >= 0.6 is 0 Å². The Morgan fingerprint density at radius 3 is 1.19 bits per heavy atom. The topological polar surface area (TPSA) is 382 Å². The van der Waals surface area contributed by atoms with E-state index >= 15 is 0 Å². The average Bonchev–Trinajstić information content (AvgIpc) is 0.817. The van der Waals surface area contributed by atoms with Crippen LogP contribution in [0.15, 0.2) is 110 Å². The van der Waals surface area contributed by atoms with E-state index in [9.17, 15) is 39.0 Å². The number of ether oxygens (including phenoxy) is 19. The Balaban J connectivity index is 0.00000275. The third-order valence-corrected chi connectivity index (χ3v) is 19.2. The minimum atomic E-state index is -0.910. The number of hydrogen-bond acceptors (Lipinski definition) is 29. The van der Waals surface area contributed by atoms with Gasteiger partial charge in [-0.25, -0.2) is 0 Å². The van der Waals surface area contributed by atoms with Crippen LogP contribution in [0.25, 0.3) is 0 Å². The van der Waals surface area contributed by atoms with Crippen LogP contribution < -0.4 is 69.2 Å². The molecule has 0 aliphatic carbocycles. The fourth-order valence-corrected chi connectivity index (χ4v) is 12.9. The zero-order valence-electron chi connectivity index (χ0n) is 77.6. The van der Waals surface area contributed by atoms with Crippen LogP contribution in [0.3, 0.4) is 0 Å². The zero-order chi connectivity index (χ0) is 93.1. The first kappa shape index (κ1) is 113. The van der Waals surface area contributed by atoms with E-state index in [-0.39, 0.29) is 188 Å². The summed E-state index contributed by atoms with van der Waals surface area (Å²) in [6.45, 7) is 28.1. The van der Waals surface area contributed by atoms with E-state index in [4.69, 9.17) is 90.0 Å². The average molecular weight is 1890 g/mol. The van der Waals surface area contributed by atoms with Crippen LogP contribution in [-0.2, 0) is 83.5 Å². The fourth-order valence-electron chi connectivity index (χ4n) is 12.9. The van der Waals surface area contributed by atoms with Crippen molar-refractivity contribution in [3.8, 4) is 63.2 Å². The number of para-hydroxylation sites is 3. The molecule has 0 bridgehead atoms. The van der Waals surface area contributed by atoms with E-state index in [1.165, 1.54) is 54.6 Å². The second-order valence-corrected chi connectivity index (χ2v) is 30.9. The molecular formula is C94H142N6O27Tc. The molecule has 128 heavy (non-hydrogen) atoms. The van der Waals surface area contributed by atoms with Gasteiger partial charge in [0, 0.05) is 70.4 Å². The van der Waals surface area contributed by atoms with Gasteiger partial charge in [0.05, 0.1) is 176 Å². The number of amides is 4. The van der Waals surface area contributed by atoms with Crippen molar-refractivity contribution in [2.24, 2.45) is 5.41 Å². The zero-order valence-corrected chi connectivity index (χ0v) is 79.5. The van der Waals surface area contributed by atoms with Gasteiger partial charge in [-0.3, -0.25) is 33.7 Å². The number of Topliss-reactive ketones (excluding diaryl/α,β-unsaturated/α-hetero) is 1. The van der Waals surface area contributed by atoms with E-state index in [1.807, 2.05) is 53.5 Å². The Morgan fingerprint density at radius 1 is 0.414 bits per heavy atom. The molecule has 1 radical (unpaired) electrons. The van der Waals surface area contributed by atoms with Gasteiger partial charge in [0.1, 0.15) is 32.5 Å². The van der Waals surface area contributed by atoms with Crippen LogP contribution in [0.4, 0.5) is 0 Å². The van der Waals surface area contributed by atoms with Crippen molar-refractivity contribution in [2.45, 2.75) is 123 Å². The first-order chi connectivity index (χ1) is 61.2. The SMILES string of the molecule is C=CCN(CC=C)[C@@H](Cc1ccc(O)c(O)c1)C(=O)OCCOCCOc1c(OCCOCCOCCOCCOC(C)(C)C)cc(C(=O)NCCCCNC(=O)C(CCCNC)(CCCNC(=O)c2cccc(OC)c2OC)CCCNC(=O)c2cccc(OC)c2OC)cc1OCCOCCOCCOCCOC(C)(C)C.COc1cccc(C(C)=O)c1OC.[Tc]. The summed E-state index contributed by atoms with van der Waals surface area (Å²) in [7, 11) is 10.8. The molecule has 5 aromatic carbocycles. The van der Waals surface area contributed by atoms with Crippen molar-refractivity contribution in [1.82, 2.24) is 31.5 Å². The number of phenolic OH excluding ortho intramolecular Hbond substituents is 2. The summed E-state index contributed by atoms with van der Waals surface area (Å²) in [4.78, 5) is 83.1. The molecule has 0 aliphatic heterocycles. The molecule has 0 saturated carbocycles. The first-order valence-corrected chi connectivity index (χ1v) is 43.1. The van der Waals surface area contributed by atoms with Crippen molar-refractivity contribution in [3.05, 3.63) is 138 Å². The maximum Gasteiger partial charge on any atom is 0.323 e. The number of benzene rings is 5. The predicted octanol–water partition coefficient (Wildman–Crippen LogP) is 10.8. The van der Waals surface area contributed by atoms with E-state index in [1.54, 1.807) is 92.1 Å². The number of nitrogens with one attached hydrogen (secondary N) is 5. The molecule has 0 aliphatic rings. The van der Waals surface area contributed by atoms with E-state index in [0.29, 0.717) is 194 Å². The number of methoxy groups -OCH3 is 6. The quantitative estimate of drug-likeness (QED) is 0.00625. The van der Waals surface area contributed by atoms with Crippen LogP contribution in [0.2, 0.25) is 0 Å². The summed E-state index contributed by atoms with van der Waals surface area (Å²) < 4.78 is 109. The number of carbonyl (C=O) groups excluding carboxylic acids is 6. The molecule has 717 valence electrons. The van der Waals surface area contributed by atoms with Gasteiger partial charge in [-0.05, 0) is 186 Å². The molecule has 4 amide bonds. The molecule has 0 heterocycles. The Morgan fingerprint density at radius 2 is 0.789 bits per heavy atom. The first-order valence-electron chi connectivity index (χ1n) is 43.1. The van der Waals surface area contributed by atoms with Crippen LogP contribution in [0.5, 0.6) is 63.2 Å². The molecule has 0 unspecified atom stereocenters. The van der Waals surface area contributed by atoms with Crippen LogP contribution in [0, 0.1) is 5.41 Å². The maximum atomic E-state index is 14.9. The monoisotopic (exact) mass is 1880 g/mol. The van der Waals surface area contributed by atoms with Gasteiger partial charge in [0.25, 0.3) is 17.7 Å². The molecular weight excluding hydrogens is 1740 g/mol. The number of unbranched alkanes of at least 4 members (excludes halogenated alkanes) is 1. The van der Waals surface area contributed by atoms with Gasteiger partial charge in [-0.15, -0.1) is 13.2 Å². The molecule has 7 N–H and O–H groups in total. The van der Waals surface area contributed by atoms with Crippen LogP contribution in [0.1, 0.15) is 147 Å².